The number of benzene rings is 2. The SMILES string of the molecule is CCCO[C@H]1[C@H](O)[C@H](COS(=O)(=O)c2cccc(C(F)(F)F)c2)O[C@@H](Oc2ccccc2)[C@H]1OC(=O)CCC. The summed E-state index contributed by atoms with van der Waals surface area (Å²) in [5.74, 6) is -0.243. The number of para-hydroxylation sites is 1. The number of aliphatic hydroxyl groups excluding tert-OH is 1. The summed E-state index contributed by atoms with van der Waals surface area (Å²) in [6, 6.07) is 11.4. The highest BCUT2D eigenvalue weighted by Gasteiger charge is 2.50. The lowest BCUT2D eigenvalue weighted by molar-refractivity contribution is -0.288. The number of ether oxygens (including phenoxy) is 4. The lowest BCUT2D eigenvalue weighted by Gasteiger charge is -2.43. The third kappa shape index (κ3) is 8.39. The number of esters is 1. The molecule has 3 rings (SSSR count). The third-order valence-electron chi connectivity index (χ3n) is 5.69. The summed E-state index contributed by atoms with van der Waals surface area (Å²) in [5, 5.41) is 11.1. The molecule has 2 aromatic rings. The van der Waals surface area contributed by atoms with Crippen LogP contribution in [0.3, 0.4) is 0 Å². The van der Waals surface area contributed by atoms with Gasteiger partial charge in [-0.25, -0.2) is 0 Å². The average Bonchev–Trinajstić information content (AvgIpc) is 2.89. The van der Waals surface area contributed by atoms with E-state index in [1.54, 1.807) is 37.3 Å². The fraction of sp³-hybridized carbons (Fsp3) is 0.500. The Kier molecular flexibility index (Phi) is 10.7. The van der Waals surface area contributed by atoms with Gasteiger partial charge in [-0.05, 0) is 43.2 Å². The summed E-state index contributed by atoms with van der Waals surface area (Å²) in [7, 11) is -4.67. The highest BCUT2D eigenvalue weighted by atomic mass is 32.2. The Bertz CT molecular complexity index is 1170. The Morgan fingerprint density at radius 3 is 2.38 bits per heavy atom. The first-order chi connectivity index (χ1) is 18.5. The lowest BCUT2D eigenvalue weighted by Crippen LogP contribution is -2.62. The van der Waals surface area contributed by atoms with Crippen LogP contribution in [0.1, 0.15) is 38.7 Å². The van der Waals surface area contributed by atoms with Gasteiger partial charge in [-0.15, -0.1) is 0 Å². The molecule has 0 aromatic heterocycles. The van der Waals surface area contributed by atoms with Crippen LogP contribution >= 0.6 is 0 Å². The highest BCUT2D eigenvalue weighted by Crippen LogP contribution is 2.32. The van der Waals surface area contributed by atoms with E-state index >= 15 is 0 Å². The first-order valence-corrected chi connectivity index (χ1v) is 13.8. The number of carbonyl (C=O) groups is 1. The molecule has 1 heterocycles. The maximum Gasteiger partial charge on any atom is 0.416 e. The molecule has 0 aliphatic carbocycles. The van der Waals surface area contributed by atoms with Gasteiger partial charge >= 0.3 is 12.1 Å². The molecule has 216 valence electrons. The Morgan fingerprint density at radius 2 is 1.74 bits per heavy atom. The molecule has 39 heavy (non-hydrogen) atoms. The second-order valence-corrected chi connectivity index (χ2v) is 10.4. The maximum absolute atomic E-state index is 13.1. The molecule has 0 amide bonds. The number of carbonyl (C=O) groups excluding carboxylic acids is 1. The normalized spacial score (nSPS) is 23.8. The monoisotopic (exact) mass is 576 g/mol. The molecule has 0 bridgehead atoms. The number of aliphatic hydroxyl groups is 1. The molecule has 1 N–H and O–H groups in total. The Balaban J connectivity index is 1.86. The predicted molar refractivity (Wildman–Crippen MR) is 131 cm³/mol. The summed E-state index contributed by atoms with van der Waals surface area (Å²) in [4.78, 5) is 11.7. The molecule has 0 saturated carbocycles. The van der Waals surface area contributed by atoms with Crippen LogP contribution in [-0.4, -0.2) is 63.4 Å². The van der Waals surface area contributed by atoms with Crippen LogP contribution in [0, 0.1) is 0 Å². The topological polar surface area (TPSA) is 118 Å². The van der Waals surface area contributed by atoms with E-state index < -0.39 is 70.0 Å². The van der Waals surface area contributed by atoms with Gasteiger partial charge in [-0.2, -0.15) is 21.6 Å². The average molecular weight is 577 g/mol. The molecule has 0 radical (unpaired) electrons. The van der Waals surface area contributed by atoms with Crippen LogP contribution in [0.4, 0.5) is 13.2 Å². The molecule has 9 nitrogen and oxygen atoms in total. The van der Waals surface area contributed by atoms with Crippen molar-refractivity contribution in [2.75, 3.05) is 13.2 Å². The Morgan fingerprint density at radius 1 is 1.03 bits per heavy atom. The van der Waals surface area contributed by atoms with Gasteiger partial charge in [0.05, 0.1) is 17.1 Å². The van der Waals surface area contributed by atoms with E-state index in [2.05, 4.69) is 0 Å². The number of rotatable bonds is 12. The molecule has 1 fully saturated rings. The molecule has 0 unspecified atom stereocenters. The molecule has 13 heteroatoms. The van der Waals surface area contributed by atoms with Gasteiger partial charge in [0.1, 0.15) is 24.1 Å². The molecule has 2 aromatic carbocycles. The Labute approximate surface area is 224 Å². The van der Waals surface area contributed by atoms with E-state index in [0.717, 1.165) is 18.2 Å². The number of hydrogen-bond acceptors (Lipinski definition) is 9. The number of hydrogen-bond donors (Lipinski definition) is 1. The van der Waals surface area contributed by atoms with Gasteiger partial charge in [0, 0.05) is 13.0 Å². The zero-order valence-electron chi connectivity index (χ0n) is 21.4. The minimum atomic E-state index is -4.76. The van der Waals surface area contributed by atoms with E-state index in [-0.39, 0.29) is 13.0 Å². The van der Waals surface area contributed by atoms with Crippen LogP contribution in [0.2, 0.25) is 0 Å². The molecular weight excluding hydrogens is 545 g/mol. The van der Waals surface area contributed by atoms with Crippen LogP contribution in [0.5, 0.6) is 5.75 Å². The van der Waals surface area contributed by atoms with Crippen molar-refractivity contribution in [3.05, 3.63) is 60.2 Å². The smallest absolute Gasteiger partial charge is 0.416 e. The van der Waals surface area contributed by atoms with Crippen molar-refractivity contribution >= 4 is 16.1 Å². The van der Waals surface area contributed by atoms with Gasteiger partial charge in [-0.1, -0.05) is 38.1 Å². The largest absolute Gasteiger partial charge is 0.461 e. The molecule has 5 atom stereocenters. The quantitative estimate of drug-likeness (QED) is 0.295. The van der Waals surface area contributed by atoms with Crippen molar-refractivity contribution in [1.29, 1.82) is 0 Å². The van der Waals surface area contributed by atoms with Crippen molar-refractivity contribution in [3.63, 3.8) is 0 Å². The van der Waals surface area contributed by atoms with Gasteiger partial charge in [0.2, 0.25) is 6.29 Å². The zero-order chi connectivity index (χ0) is 28.6. The number of halogens is 3. The van der Waals surface area contributed by atoms with Gasteiger partial charge in [0.15, 0.2) is 6.10 Å². The summed E-state index contributed by atoms with van der Waals surface area (Å²) < 4.78 is 92.7. The zero-order valence-corrected chi connectivity index (χ0v) is 22.2. The third-order valence-corrected chi connectivity index (χ3v) is 6.97. The highest BCUT2D eigenvalue weighted by molar-refractivity contribution is 7.86. The predicted octanol–water partition coefficient (Wildman–Crippen LogP) is 4.08. The lowest BCUT2D eigenvalue weighted by atomic mass is 9.98. The van der Waals surface area contributed by atoms with E-state index in [0.29, 0.717) is 24.7 Å². The Hall–Kier alpha value is -2.71. The summed E-state index contributed by atoms with van der Waals surface area (Å²) in [6.45, 7) is 2.99. The van der Waals surface area contributed by atoms with Crippen LogP contribution in [0.25, 0.3) is 0 Å². The standard InChI is InChI=1S/C26H31F3O9S/c1-3-9-21(30)38-24-23(34-14-4-2)22(31)20(37-25(24)36-18-11-6-5-7-12-18)16-35-39(32,33)19-13-8-10-17(15-19)26(27,28)29/h5-8,10-13,15,20,22-25,31H,3-4,9,14,16H2,1-2H3/t20-,22+,23-,24-,25+/m0/s1. The van der Waals surface area contributed by atoms with Crippen molar-refractivity contribution in [1.82, 2.24) is 0 Å². The van der Waals surface area contributed by atoms with Crippen LogP contribution in [0.15, 0.2) is 59.5 Å². The number of alkyl halides is 3. The summed E-state index contributed by atoms with van der Waals surface area (Å²) >= 11 is 0. The summed E-state index contributed by atoms with van der Waals surface area (Å²) in [6.07, 6.45) is -10.3. The van der Waals surface area contributed by atoms with E-state index in [9.17, 15) is 31.5 Å². The second kappa shape index (κ2) is 13.6. The van der Waals surface area contributed by atoms with Crippen molar-refractivity contribution in [3.8, 4) is 5.75 Å². The molecular formula is C26H31F3O9S. The van der Waals surface area contributed by atoms with Crippen molar-refractivity contribution in [2.45, 2.75) is 74.9 Å². The van der Waals surface area contributed by atoms with E-state index in [1.165, 1.54) is 0 Å². The van der Waals surface area contributed by atoms with Crippen molar-refractivity contribution in [2.24, 2.45) is 0 Å². The fourth-order valence-corrected chi connectivity index (χ4v) is 4.76. The van der Waals surface area contributed by atoms with Crippen LogP contribution < -0.4 is 4.74 Å². The fourth-order valence-electron chi connectivity index (χ4n) is 3.79. The first-order valence-electron chi connectivity index (χ1n) is 12.4. The van der Waals surface area contributed by atoms with Crippen LogP contribution in [-0.2, 0) is 39.5 Å². The minimum Gasteiger partial charge on any atom is -0.461 e. The van der Waals surface area contributed by atoms with E-state index in [1.807, 2.05) is 6.92 Å². The summed E-state index contributed by atoms with van der Waals surface area (Å²) in [5.41, 5.74) is -1.16. The first kappa shape index (κ1) is 30.8. The maximum atomic E-state index is 13.1. The van der Waals surface area contributed by atoms with Gasteiger partial charge in [0.25, 0.3) is 10.1 Å². The molecule has 0 spiro atoms. The molecule has 1 saturated heterocycles. The molecule has 1 aliphatic heterocycles. The van der Waals surface area contributed by atoms with Gasteiger partial charge in [-0.3, -0.25) is 8.98 Å². The van der Waals surface area contributed by atoms with E-state index in [4.69, 9.17) is 23.1 Å². The minimum absolute atomic E-state index is 0.0902. The van der Waals surface area contributed by atoms with Gasteiger partial charge < -0.3 is 24.1 Å². The second-order valence-electron chi connectivity index (χ2n) is 8.77. The molecule has 1 aliphatic rings. The van der Waals surface area contributed by atoms with Crippen molar-refractivity contribution < 1.29 is 54.6 Å².